The molecule has 0 aromatic rings. The molecule has 0 bridgehead atoms. The molecule has 6 N–H and O–H groups in total. The fourth-order valence-electron chi connectivity index (χ4n) is 0.102. The molecule has 0 saturated carbocycles. The molecule has 0 fully saturated rings. The standard InChI is InChI=1S/2Cr.3H2O.7O.Zn/h;;3*1H2;;;;;;;;/q;;;;;;;;;;2*-1;+2. The molecule has 13 heavy (non-hydrogen) atoms. The van der Waals surface area contributed by atoms with Gasteiger partial charge in [-0.2, -0.15) is 0 Å². The van der Waals surface area contributed by atoms with E-state index in [0.29, 0.717) is 0 Å². The molecular formula is H6Cr2O10Zn. The molecule has 0 aromatic heterocycles. The van der Waals surface area contributed by atoms with Gasteiger partial charge in [-0.3, -0.25) is 0 Å². The molecule has 13 heteroatoms. The smallest absolute Gasteiger partial charge is 2.00 e. The van der Waals surface area contributed by atoms with Crippen LogP contribution in [0.15, 0.2) is 0 Å². The third kappa shape index (κ3) is 32.4. The van der Waals surface area contributed by atoms with Gasteiger partial charge in [-0.1, -0.05) is 0 Å². The molecule has 0 unspecified atom stereocenters. The number of rotatable bonds is 2. The molecule has 0 saturated heterocycles. The first-order valence-electron chi connectivity index (χ1n) is 1.33. The SMILES string of the molecule is O.O.O.[O]=[Cr](=[O])([O-])[O][Cr](=[O])(=[O])[O-].[Zn+2]. The summed E-state index contributed by atoms with van der Waals surface area (Å²) in [6, 6.07) is 0. The van der Waals surface area contributed by atoms with Gasteiger partial charge >= 0.3 is 73.1 Å². The van der Waals surface area contributed by atoms with Gasteiger partial charge in [0, 0.05) is 0 Å². The maximum atomic E-state index is 9.38. The van der Waals surface area contributed by atoms with Crippen LogP contribution >= 0.6 is 0 Å². The molecule has 0 radical (unpaired) electrons. The zero-order valence-corrected chi connectivity index (χ0v) is 11.4. The Bertz CT molecular complexity index is 238. The Hall–Kier alpha value is 0.648. The van der Waals surface area contributed by atoms with Crippen LogP contribution in [-0.4, -0.2) is 16.4 Å². The minimum absolute atomic E-state index is 0. The Morgan fingerprint density at radius 2 is 0.923 bits per heavy atom. The summed E-state index contributed by atoms with van der Waals surface area (Å²) in [6.45, 7) is 0. The van der Waals surface area contributed by atoms with E-state index in [9.17, 15) is 23.5 Å². The summed E-state index contributed by atoms with van der Waals surface area (Å²) in [4.78, 5) is 0. The molecule has 0 spiro atoms. The molecule has 0 amide bonds. The van der Waals surface area contributed by atoms with Crippen molar-refractivity contribution >= 4 is 0 Å². The van der Waals surface area contributed by atoms with Gasteiger partial charge < -0.3 is 16.4 Å². The van der Waals surface area contributed by atoms with Crippen LogP contribution in [0.25, 0.3) is 0 Å². The summed E-state index contributed by atoms with van der Waals surface area (Å²) in [5.41, 5.74) is 0. The van der Waals surface area contributed by atoms with Gasteiger partial charge in [0.05, 0.1) is 0 Å². The van der Waals surface area contributed by atoms with Crippen molar-refractivity contribution in [3.8, 4) is 0 Å². The first-order chi connectivity index (χ1) is 3.71. The maximum Gasteiger partial charge on any atom is 2.00 e. The third-order valence-corrected chi connectivity index (χ3v) is 2.83. The van der Waals surface area contributed by atoms with Crippen LogP contribution in [-0.2, 0) is 64.8 Å². The Morgan fingerprint density at radius 3 is 0.923 bits per heavy atom. The minimum Gasteiger partial charge on any atom is 2.00 e. The summed E-state index contributed by atoms with van der Waals surface area (Å²) < 4.78 is 58.9. The van der Waals surface area contributed by atoms with Crippen LogP contribution in [0.2, 0.25) is 0 Å². The predicted octanol–water partition coefficient (Wildman–Crippen LogP) is -5.40. The number of hydrogen-bond donors (Lipinski definition) is 0. The van der Waals surface area contributed by atoms with Crippen molar-refractivity contribution in [2.75, 3.05) is 0 Å². The zero-order chi connectivity index (χ0) is 7.71. The molecule has 10 nitrogen and oxygen atoms in total. The van der Waals surface area contributed by atoms with Crippen molar-refractivity contribution in [2.24, 2.45) is 0 Å². The largest absolute Gasteiger partial charge is 2.00 e. The summed E-state index contributed by atoms with van der Waals surface area (Å²) in [5, 5.41) is 0. The van der Waals surface area contributed by atoms with E-state index in [1.807, 2.05) is 0 Å². The zero-order valence-electron chi connectivity index (χ0n) is 5.88. The van der Waals surface area contributed by atoms with Crippen molar-refractivity contribution in [3.63, 3.8) is 0 Å². The maximum absolute atomic E-state index is 9.38. The van der Waals surface area contributed by atoms with Crippen LogP contribution in [0.3, 0.4) is 0 Å². The molecule has 0 atom stereocenters. The fraction of sp³-hybridized carbons (Fsp3) is 0. The van der Waals surface area contributed by atoms with E-state index in [2.05, 4.69) is 2.84 Å². The van der Waals surface area contributed by atoms with E-state index in [1.165, 1.54) is 0 Å². The average molecular weight is 335 g/mol. The molecule has 0 heterocycles. The van der Waals surface area contributed by atoms with Gasteiger partial charge in [0.25, 0.3) is 0 Å². The second kappa shape index (κ2) is 9.21. The van der Waals surface area contributed by atoms with Gasteiger partial charge in [0.15, 0.2) is 0 Å². The van der Waals surface area contributed by atoms with Crippen LogP contribution in [0.5, 0.6) is 0 Å². The molecule has 0 aliphatic heterocycles. The summed E-state index contributed by atoms with van der Waals surface area (Å²) in [6.07, 6.45) is 0. The number of hydrogen-bond acceptors (Lipinski definition) is 7. The van der Waals surface area contributed by atoms with Gasteiger partial charge in [0.2, 0.25) is 0 Å². The summed E-state index contributed by atoms with van der Waals surface area (Å²) >= 11 is -12.1. The van der Waals surface area contributed by atoms with Crippen molar-refractivity contribution < 1.29 is 89.5 Å². The van der Waals surface area contributed by atoms with Gasteiger partial charge in [-0.05, 0) is 0 Å². The van der Waals surface area contributed by atoms with Crippen LogP contribution in [0.1, 0.15) is 0 Å². The van der Waals surface area contributed by atoms with Crippen LogP contribution in [0.4, 0.5) is 0 Å². The van der Waals surface area contributed by atoms with Crippen molar-refractivity contribution in [2.45, 2.75) is 0 Å². The van der Waals surface area contributed by atoms with Crippen LogP contribution < -0.4 is 8.32 Å². The van der Waals surface area contributed by atoms with Crippen LogP contribution in [0, 0.1) is 0 Å². The first-order valence-corrected chi connectivity index (χ1v) is 5.50. The first kappa shape index (κ1) is 29.2. The average Bonchev–Trinajstić information content (AvgIpc) is 1.14. The fourth-order valence-corrected chi connectivity index (χ4v) is 1.74. The Balaban J connectivity index is -0.0000000533. The second-order valence-electron chi connectivity index (χ2n) is 0.885. The van der Waals surface area contributed by atoms with Gasteiger partial charge in [-0.25, -0.2) is 0 Å². The monoisotopic (exact) mass is 334 g/mol. The molecule has 80 valence electrons. The van der Waals surface area contributed by atoms with Gasteiger partial charge in [-0.15, -0.1) is 0 Å². The summed E-state index contributed by atoms with van der Waals surface area (Å²) in [7, 11) is 0. The third-order valence-electron chi connectivity index (χ3n) is 0.167. The van der Waals surface area contributed by atoms with E-state index < -0.39 is 27.2 Å². The molecule has 0 aromatic carbocycles. The van der Waals surface area contributed by atoms with E-state index in [4.69, 9.17) is 0 Å². The van der Waals surface area contributed by atoms with E-state index in [0.717, 1.165) is 0 Å². The Morgan fingerprint density at radius 1 is 0.769 bits per heavy atom. The quantitative estimate of drug-likeness (QED) is 0.445. The second-order valence-corrected chi connectivity index (χ2v) is 4.52. The van der Waals surface area contributed by atoms with Crippen molar-refractivity contribution in [3.05, 3.63) is 0 Å². The summed E-state index contributed by atoms with van der Waals surface area (Å²) in [5.74, 6) is 0. The van der Waals surface area contributed by atoms with Gasteiger partial charge in [0.1, 0.15) is 0 Å². The molecule has 0 rings (SSSR count). The normalized spacial score (nSPS) is 9.38. The Labute approximate surface area is 89.3 Å². The van der Waals surface area contributed by atoms with E-state index in [1.54, 1.807) is 0 Å². The van der Waals surface area contributed by atoms with E-state index in [-0.39, 0.29) is 35.9 Å². The van der Waals surface area contributed by atoms with Crippen molar-refractivity contribution in [1.29, 1.82) is 0 Å². The van der Waals surface area contributed by atoms with Crippen molar-refractivity contribution in [1.82, 2.24) is 0 Å². The topological polar surface area (TPSA) is 218 Å². The van der Waals surface area contributed by atoms with E-state index >= 15 is 0 Å². The molecule has 0 aliphatic carbocycles. The molecule has 0 aliphatic rings. The molecular weight excluding hydrogens is 329 g/mol. The minimum atomic E-state index is -6.07. The Kier molecular flexibility index (Phi) is 20.7. The predicted molar refractivity (Wildman–Crippen MR) is 14.7 cm³/mol.